The molecule has 0 unspecified atom stereocenters. The molecule has 0 N–H and O–H groups in total. The molecule has 1 aliphatic rings. The molecule has 0 saturated heterocycles. The Hall–Kier alpha value is -1.45. The van der Waals surface area contributed by atoms with Crippen molar-refractivity contribution < 1.29 is 4.74 Å². The topological polar surface area (TPSA) is 12.5 Å². The van der Waals surface area contributed by atoms with Gasteiger partial charge in [-0.2, -0.15) is 0 Å². The molecule has 1 aliphatic heterocycles. The van der Waals surface area contributed by atoms with Gasteiger partial charge in [0, 0.05) is 16.4 Å². The van der Waals surface area contributed by atoms with Gasteiger partial charge < -0.3 is 9.64 Å². The van der Waals surface area contributed by atoms with Gasteiger partial charge in [-0.15, -0.1) is 0 Å². The number of aryl methyl sites for hydroxylation is 2. The summed E-state index contributed by atoms with van der Waals surface area (Å²) in [5.74, 6) is 0. The van der Waals surface area contributed by atoms with Crippen molar-refractivity contribution in [1.29, 1.82) is 0 Å². The van der Waals surface area contributed by atoms with E-state index in [-0.39, 0.29) is 0 Å². The third-order valence-electron chi connectivity index (χ3n) is 7.85. The van der Waals surface area contributed by atoms with E-state index in [0.29, 0.717) is 6.73 Å². The number of hydrogen-bond acceptors (Lipinski definition) is 3. The lowest BCUT2D eigenvalue weighted by Gasteiger charge is -2.33. The summed E-state index contributed by atoms with van der Waals surface area (Å²) in [6.07, 6.45) is 23.6. The predicted molar refractivity (Wildman–Crippen MR) is 168 cm³/mol. The van der Waals surface area contributed by atoms with Gasteiger partial charge in [-0.3, -0.25) is 0 Å². The molecule has 0 bridgehead atoms. The van der Waals surface area contributed by atoms with Crippen molar-refractivity contribution in [1.82, 2.24) is 0 Å². The molecule has 212 valence electrons. The molecule has 3 rings (SSSR count). The first kappa shape index (κ1) is 31.1. The Morgan fingerprint density at radius 3 is 1.50 bits per heavy atom. The molecule has 0 atom stereocenters. The van der Waals surface area contributed by atoms with Crippen LogP contribution in [0.2, 0.25) is 0 Å². The van der Waals surface area contributed by atoms with Gasteiger partial charge in [0.25, 0.3) is 0 Å². The average molecular weight is 538 g/mol. The lowest BCUT2D eigenvalue weighted by molar-refractivity contribution is 0.135. The number of rotatable bonds is 21. The quantitative estimate of drug-likeness (QED) is 0.147. The zero-order valence-electron chi connectivity index (χ0n) is 24.9. The Morgan fingerprint density at radius 2 is 1.00 bits per heavy atom. The van der Waals surface area contributed by atoms with E-state index in [2.05, 4.69) is 62.1 Å². The van der Waals surface area contributed by atoms with E-state index in [0.717, 1.165) is 13.0 Å². The Balaban J connectivity index is 1.65. The minimum Gasteiger partial charge on any atom is -0.361 e. The van der Waals surface area contributed by atoms with E-state index >= 15 is 0 Å². The van der Waals surface area contributed by atoms with E-state index in [4.69, 9.17) is 4.74 Å². The van der Waals surface area contributed by atoms with Crippen molar-refractivity contribution in [3.05, 3.63) is 47.5 Å². The minimum atomic E-state index is 0.639. The predicted octanol–water partition coefficient (Wildman–Crippen LogP) is 11.6. The van der Waals surface area contributed by atoms with Gasteiger partial charge in [0.2, 0.25) is 0 Å². The van der Waals surface area contributed by atoms with Gasteiger partial charge in [0.1, 0.15) is 6.73 Å². The van der Waals surface area contributed by atoms with Crippen molar-refractivity contribution in [2.24, 2.45) is 0 Å². The Morgan fingerprint density at radius 1 is 0.553 bits per heavy atom. The van der Waals surface area contributed by atoms with Crippen LogP contribution in [0.4, 0.5) is 11.4 Å². The lowest BCUT2D eigenvalue weighted by Crippen LogP contribution is -2.24. The Kier molecular flexibility index (Phi) is 15.4. The molecule has 38 heavy (non-hydrogen) atoms. The maximum absolute atomic E-state index is 6.23. The van der Waals surface area contributed by atoms with E-state index in [1.165, 1.54) is 141 Å². The third kappa shape index (κ3) is 10.6. The standard InChI is InChI=1S/C35H55NOS/c1-4-7-10-13-15-17-20-30-22-24-32-34(27-30)38-35-28-31(21-18-16-14-11-8-5-2)23-25-33(35)36(32)29-37-26-19-12-9-6-3/h22-25,27-28H,4-21,26,29H2,1-3H3. The molecular formula is C35H55NOS. The molecule has 2 nitrogen and oxygen atoms in total. The molecule has 0 amide bonds. The van der Waals surface area contributed by atoms with Crippen molar-refractivity contribution in [3.63, 3.8) is 0 Å². The summed E-state index contributed by atoms with van der Waals surface area (Å²) < 4.78 is 6.23. The summed E-state index contributed by atoms with van der Waals surface area (Å²) in [7, 11) is 0. The SMILES string of the molecule is CCCCCCCCc1ccc2c(c1)Sc1cc(CCCCCCCC)ccc1N2COCCCCCC. The molecule has 3 heteroatoms. The zero-order valence-corrected chi connectivity index (χ0v) is 25.7. The summed E-state index contributed by atoms with van der Waals surface area (Å²) in [4.78, 5) is 5.21. The van der Waals surface area contributed by atoms with E-state index in [9.17, 15) is 0 Å². The van der Waals surface area contributed by atoms with E-state index < -0.39 is 0 Å². The van der Waals surface area contributed by atoms with Crippen molar-refractivity contribution >= 4 is 23.1 Å². The Labute approximate surface area is 239 Å². The van der Waals surface area contributed by atoms with Gasteiger partial charge in [-0.1, -0.05) is 128 Å². The van der Waals surface area contributed by atoms with Gasteiger partial charge in [-0.25, -0.2) is 0 Å². The molecule has 0 aromatic heterocycles. The van der Waals surface area contributed by atoms with E-state index in [1.807, 2.05) is 11.8 Å². The number of nitrogens with zero attached hydrogens (tertiary/aromatic N) is 1. The second kappa shape index (κ2) is 18.8. The maximum atomic E-state index is 6.23. The number of ether oxygens (including phenoxy) is 1. The van der Waals surface area contributed by atoms with Crippen LogP contribution in [0.5, 0.6) is 0 Å². The second-order valence-electron chi connectivity index (χ2n) is 11.3. The van der Waals surface area contributed by atoms with Crippen LogP contribution < -0.4 is 4.90 Å². The molecule has 2 aromatic carbocycles. The lowest BCUT2D eigenvalue weighted by atomic mass is 10.0. The third-order valence-corrected chi connectivity index (χ3v) is 8.94. The average Bonchev–Trinajstić information content (AvgIpc) is 2.93. The van der Waals surface area contributed by atoms with Crippen LogP contribution >= 0.6 is 11.8 Å². The monoisotopic (exact) mass is 537 g/mol. The fraction of sp³-hybridized carbons (Fsp3) is 0.657. The highest BCUT2D eigenvalue weighted by molar-refractivity contribution is 7.99. The summed E-state index contributed by atoms with van der Waals surface area (Å²) in [5, 5.41) is 0. The first-order valence-electron chi connectivity index (χ1n) is 16.1. The first-order valence-corrected chi connectivity index (χ1v) is 16.9. The van der Waals surface area contributed by atoms with Gasteiger partial charge in [0.15, 0.2) is 0 Å². The molecule has 0 aliphatic carbocycles. The normalized spacial score (nSPS) is 12.6. The van der Waals surface area contributed by atoms with Crippen LogP contribution in [0.3, 0.4) is 0 Å². The van der Waals surface area contributed by atoms with Crippen LogP contribution in [0.15, 0.2) is 46.2 Å². The molecular weight excluding hydrogens is 482 g/mol. The number of anilines is 2. The number of fused-ring (bicyclic) bond motifs is 2. The van der Waals surface area contributed by atoms with Gasteiger partial charge >= 0.3 is 0 Å². The second-order valence-corrected chi connectivity index (χ2v) is 12.4. The molecule has 2 aromatic rings. The molecule has 0 fully saturated rings. The largest absolute Gasteiger partial charge is 0.361 e. The van der Waals surface area contributed by atoms with Gasteiger partial charge in [0.05, 0.1) is 11.4 Å². The first-order chi connectivity index (χ1) is 18.8. The van der Waals surface area contributed by atoms with E-state index in [1.54, 1.807) is 0 Å². The Bertz CT molecular complexity index is 845. The molecule has 0 spiro atoms. The molecule has 0 saturated carbocycles. The highest BCUT2D eigenvalue weighted by Crippen LogP contribution is 2.48. The fourth-order valence-electron chi connectivity index (χ4n) is 5.43. The highest BCUT2D eigenvalue weighted by atomic mass is 32.2. The smallest absolute Gasteiger partial charge is 0.123 e. The zero-order chi connectivity index (χ0) is 26.8. The molecule has 0 radical (unpaired) electrons. The number of hydrogen-bond donors (Lipinski definition) is 0. The number of unbranched alkanes of at least 4 members (excludes halogenated alkanes) is 13. The fourth-order valence-corrected chi connectivity index (χ4v) is 6.65. The van der Waals surface area contributed by atoms with Crippen LogP contribution in [-0.4, -0.2) is 13.3 Å². The highest BCUT2D eigenvalue weighted by Gasteiger charge is 2.24. The minimum absolute atomic E-state index is 0.639. The van der Waals surface area contributed by atoms with Crippen LogP contribution in [-0.2, 0) is 17.6 Å². The van der Waals surface area contributed by atoms with Crippen LogP contribution in [0, 0.1) is 0 Å². The van der Waals surface area contributed by atoms with Crippen LogP contribution in [0.25, 0.3) is 0 Å². The number of benzene rings is 2. The van der Waals surface area contributed by atoms with Crippen molar-refractivity contribution in [3.8, 4) is 0 Å². The van der Waals surface area contributed by atoms with Gasteiger partial charge in [-0.05, 0) is 67.5 Å². The van der Waals surface area contributed by atoms with Crippen molar-refractivity contribution in [2.45, 2.75) is 146 Å². The summed E-state index contributed by atoms with van der Waals surface area (Å²) in [5.41, 5.74) is 5.59. The summed E-state index contributed by atoms with van der Waals surface area (Å²) >= 11 is 1.97. The molecule has 1 heterocycles. The van der Waals surface area contributed by atoms with Crippen LogP contribution in [0.1, 0.15) is 135 Å². The summed E-state index contributed by atoms with van der Waals surface area (Å²) in [6.45, 7) is 8.34. The maximum Gasteiger partial charge on any atom is 0.123 e. The van der Waals surface area contributed by atoms with Crippen molar-refractivity contribution in [2.75, 3.05) is 18.2 Å². The summed E-state index contributed by atoms with van der Waals surface area (Å²) in [6, 6.07) is 14.3.